The summed E-state index contributed by atoms with van der Waals surface area (Å²) < 4.78 is 0. The summed E-state index contributed by atoms with van der Waals surface area (Å²) in [5.74, 6) is -0.0946. The first-order valence-corrected chi connectivity index (χ1v) is 10.2. The van der Waals surface area contributed by atoms with Crippen LogP contribution < -0.4 is 5.32 Å². The number of nitrogens with zero attached hydrogens (tertiary/aromatic N) is 3. The molecule has 0 atom stereocenters. The van der Waals surface area contributed by atoms with Crippen molar-refractivity contribution in [3.63, 3.8) is 0 Å². The van der Waals surface area contributed by atoms with Crippen molar-refractivity contribution in [1.29, 1.82) is 0 Å². The number of likely N-dealkylation sites (N-methyl/N-ethyl adjacent to an activating group) is 1. The quantitative estimate of drug-likeness (QED) is 0.738. The first kappa shape index (κ1) is 19.6. The third kappa shape index (κ3) is 4.63. The number of pyridine rings is 1. The van der Waals surface area contributed by atoms with Crippen LogP contribution in [0.1, 0.15) is 27.2 Å². The molecule has 0 radical (unpaired) electrons. The van der Waals surface area contributed by atoms with Crippen LogP contribution in [0.3, 0.4) is 0 Å². The van der Waals surface area contributed by atoms with Crippen molar-refractivity contribution in [2.45, 2.75) is 20.4 Å². The number of hydrogen-bond acceptors (Lipinski definition) is 4. The highest BCUT2D eigenvalue weighted by molar-refractivity contribution is 6.12. The second-order valence-corrected chi connectivity index (χ2v) is 8.07. The molecule has 0 unspecified atom stereocenters. The van der Waals surface area contributed by atoms with Gasteiger partial charge in [-0.3, -0.25) is 14.7 Å². The molecule has 1 aromatic heterocycles. The molecule has 1 saturated heterocycles. The lowest BCUT2D eigenvalue weighted by Gasteiger charge is -2.32. The zero-order chi connectivity index (χ0) is 20.4. The molecule has 1 N–H and O–H groups in total. The Balaban J connectivity index is 1.53. The van der Waals surface area contributed by atoms with Gasteiger partial charge < -0.3 is 10.2 Å². The summed E-state index contributed by atoms with van der Waals surface area (Å²) in [7, 11) is 2.17. The minimum absolute atomic E-state index is 0.0946. The van der Waals surface area contributed by atoms with Gasteiger partial charge in [-0.2, -0.15) is 0 Å². The third-order valence-corrected chi connectivity index (χ3v) is 5.52. The summed E-state index contributed by atoms with van der Waals surface area (Å²) in [6.45, 7) is 9.22. The van der Waals surface area contributed by atoms with E-state index < -0.39 is 0 Å². The number of hydrogen-bond donors (Lipinski definition) is 1. The molecule has 150 valence electrons. The summed E-state index contributed by atoms with van der Waals surface area (Å²) in [5.41, 5.74) is 5.53. The lowest BCUT2D eigenvalue weighted by Crippen LogP contribution is -2.43. The Morgan fingerprint density at radius 1 is 1.03 bits per heavy atom. The highest BCUT2D eigenvalue weighted by Crippen LogP contribution is 2.22. The molecule has 2 aromatic carbocycles. The molecule has 2 heterocycles. The number of nitrogens with one attached hydrogen (secondary N) is 1. The molecular formula is C24H28N4O. The van der Waals surface area contributed by atoms with Gasteiger partial charge in [0, 0.05) is 49.5 Å². The average Bonchev–Trinajstić information content (AvgIpc) is 2.70. The molecule has 4 rings (SSSR count). The van der Waals surface area contributed by atoms with Crippen molar-refractivity contribution in [3.8, 4) is 0 Å². The van der Waals surface area contributed by atoms with Crippen LogP contribution in [0.25, 0.3) is 10.9 Å². The molecule has 1 aliphatic heterocycles. The van der Waals surface area contributed by atoms with Crippen LogP contribution in [0.15, 0.2) is 48.5 Å². The molecule has 0 bridgehead atoms. The van der Waals surface area contributed by atoms with Gasteiger partial charge in [-0.1, -0.05) is 23.8 Å². The van der Waals surface area contributed by atoms with Crippen molar-refractivity contribution in [2.24, 2.45) is 0 Å². The standard InChI is InChI=1S/C24H28N4O/c1-17-7-8-23-21(13-17)22(14-18(2)25-23)24(29)26-20-6-4-5-19(15-20)16-28-11-9-27(3)10-12-28/h4-8,13-15H,9-12,16H2,1-3H3,(H,26,29). The Morgan fingerprint density at radius 2 is 1.83 bits per heavy atom. The van der Waals surface area contributed by atoms with E-state index in [0.29, 0.717) is 5.56 Å². The number of anilines is 1. The lowest BCUT2D eigenvalue weighted by molar-refractivity contribution is 0.102. The van der Waals surface area contributed by atoms with Crippen LogP contribution in [0.4, 0.5) is 5.69 Å². The van der Waals surface area contributed by atoms with Crippen molar-refractivity contribution in [1.82, 2.24) is 14.8 Å². The number of piperazine rings is 1. The molecule has 1 aliphatic rings. The number of aromatic nitrogens is 1. The summed E-state index contributed by atoms with van der Waals surface area (Å²) in [6.07, 6.45) is 0. The van der Waals surface area contributed by atoms with Crippen molar-refractivity contribution < 1.29 is 4.79 Å². The molecule has 0 aliphatic carbocycles. The predicted molar refractivity (Wildman–Crippen MR) is 118 cm³/mol. The van der Waals surface area contributed by atoms with E-state index in [9.17, 15) is 4.79 Å². The molecule has 1 amide bonds. The summed E-state index contributed by atoms with van der Waals surface area (Å²) in [4.78, 5) is 22.5. The molecule has 29 heavy (non-hydrogen) atoms. The number of carbonyl (C=O) groups excluding carboxylic acids is 1. The zero-order valence-electron chi connectivity index (χ0n) is 17.4. The van der Waals surface area contributed by atoms with Crippen LogP contribution in [-0.4, -0.2) is 53.9 Å². The lowest BCUT2D eigenvalue weighted by atomic mass is 10.0. The monoisotopic (exact) mass is 388 g/mol. The SMILES string of the molecule is Cc1ccc2nc(C)cc(C(=O)Nc3cccc(CN4CCN(C)CC4)c3)c2c1. The Kier molecular flexibility index (Phi) is 5.60. The van der Waals surface area contributed by atoms with E-state index in [1.807, 2.05) is 50.2 Å². The fraction of sp³-hybridized carbons (Fsp3) is 0.333. The molecular weight excluding hydrogens is 360 g/mol. The molecule has 1 fully saturated rings. The van der Waals surface area contributed by atoms with E-state index in [4.69, 9.17) is 0 Å². The summed E-state index contributed by atoms with van der Waals surface area (Å²) in [5, 5.41) is 3.98. The molecule has 3 aromatic rings. The first-order valence-electron chi connectivity index (χ1n) is 10.2. The maximum atomic E-state index is 13.1. The Morgan fingerprint density at radius 3 is 2.62 bits per heavy atom. The molecule has 0 spiro atoms. The number of aryl methyl sites for hydroxylation is 2. The highest BCUT2D eigenvalue weighted by atomic mass is 16.1. The Labute approximate surface area is 172 Å². The van der Waals surface area contributed by atoms with E-state index in [2.05, 4.69) is 39.3 Å². The number of amides is 1. The normalized spacial score (nSPS) is 15.6. The molecule has 5 nitrogen and oxygen atoms in total. The molecule has 0 saturated carbocycles. The van der Waals surface area contributed by atoms with E-state index in [1.54, 1.807) is 0 Å². The number of benzene rings is 2. The minimum atomic E-state index is -0.0946. The van der Waals surface area contributed by atoms with Gasteiger partial charge in [-0.15, -0.1) is 0 Å². The molecule has 5 heteroatoms. The maximum absolute atomic E-state index is 13.1. The van der Waals surface area contributed by atoms with E-state index >= 15 is 0 Å². The number of rotatable bonds is 4. The van der Waals surface area contributed by atoms with Gasteiger partial charge in [0.05, 0.1) is 11.1 Å². The van der Waals surface area contributed by atoms with Crippen molar-refractivity contribution >= 4 is 22.5 Å². The van der Waals surface area contributed by atoms with Crippen molar-refractivity contribution in [3.05, 3.63) is 70.9 Å². The van der Waals surface area contributed by atoms with E-state index in [0.717, 1.165) is 60.6 Å². The number of carbonyl (C=O) groups is 1. The zero-order valence-corrected chi connectivity index (χ0v) is 17.4. The van der Waals surface area contributed by atoms with Crippen LogP contribution in [0.5, 0.6) is 0 Å². The second kappa shape index (κ2) is 8.31. The number of fused-ring (bicyclic) bond motifs is 1. The van der Waals surface area contributed by atoms with E-state index in [-0.39, 0.29) is 5.91 Å². The Bertz CT molecular complexity index is 1040. The average molecular weight is 389 g/mol. The van der Waals surface area contributed by atoms with Gasteiger partial charge in [0.1, 0.15) is 0 Å². The first-order chi connectivity index (χ1) is 14.0. The second-order valence-electron chi connectivity index (χ2n) is 8.07. The maximum Gasteiger partial charge on any atom is 0.256 e. The fourth-order valence-electron chi connectivity index (χ4n) is 3.87. The third-order valence-electron chi connectivity index (χ3n) is 5.52. The summed E-state index contributed by atoms with van der Waals surface area (Å²) in [6, 6.07) is 16.1. The van der Waals surface area contributed by atoms with Gasteiger partial charge in [0.25, 0.3) is 5.91 Å². The topological polar surface area (TPSA) is 48.5 Å². The van der Waals surface area contributed by atoms with Crippen molar-refractivity contribution in [2.75, 3.05) is 38.5 Å². The van der Waals surface area contributed by atoms with Crippen LogP contribution >= 0.6 is 0 Å². The highest BCUT2D eigenvalue weighted by Gasteiger charge is 2.15. The predicted octanol–water partition coefficient (Wildman–Crippen LogP) is 3.85. The minimum Gasteiger partial charge on any atom is -0.322 e. The van der Waals surface area contributed by atoms with Crippen LogP contribution in [0, 0.1) is 13.8 Å². The van der Waals surface area contributed by atoms with Gasteiger partial charge in [0.2, 0.25) is 0 Å². The van der Waals surface area contributed by atoms with Crippen LogP contribution in [-0.2, 0) is 6.54 Å². The Hall–Kier alpha value is -2.76. The van der Waals surface area contributed by atoms with Crippen LogP contribution in [0.2, 0.25) is 0 Å². The van der Waals surface area contributed by atoms with Gasteiger partial charge in [-0.05, 0) is 56.8 Å². The van der Waals surface area contributed by atoms with E-state index in [1.165, 1.54) is 5.56 Å². The van der Waals surface area contributed by atoms with Gasteiger partial charge in [-0.25, -0.2) is 0 Å². The van der Waals surface area contributed by atoms with Gasteiger partial charge >= 0.3 is 0 Å². The smallest absolute Gasteiger partial charge is 0.256 e. The fourth-order valence-corrected chi connectivity index (χ4v) is 3.87. The van der Waals surface area contributed by atoms with Gasteiger partial charge in [0.15, 0.2) is 0 Å². The summed E-state index contributed by atoms with van der Waals surface area (Å²) >= 11 is 0. The largest absolute Gasteiger partial charge is 0.322 e.